The molecule has 38 heavy (non-hydrogen) atoms. The Bertz CT molecular complexity index is 1350. The van der Waals surface area contributed by atoms with Gasteiger partial charge in [0, 0.05) is 50.2 Å². The van der Waals surface area contributed by atoms with Crippen molar-refractivity contribution < 1.29 is 13.9 Å². The molecule has 2 saturated heterocycles. The van der Waals surface area contributed by atoms with Gasteiger partial charge in [0.2, 0.25) is 5.95 Å². The SMILES string of the molecule is Fc1cnc(Nc2ccc(-n3cnc(N4CCOCC4)n3)cc2)cc1-c1ccn(CCN2CCOCC2)n1. The van der Waals surface area contributed by atoms with Crippen LogP contribution in [0.4, 0.5) is 21.8 Å². The van der Waals surface area contributed by atoms with Crippen molar-refractivity contribution in [2.24, 2.45) is 0 Å². The van der Waals surface area contributed by atoms with Gasteiger partial charge in [-0.1, -0.05) is 0 Å². The number of morpholine rings is 2. The first-order valence-electron chi connectivity index (χ1n) is 12.8. The normalized spacial score (nSPS) is 16.6. The molecule has 0 bridgehead atoms. The van der Waals surface area contributed by atoms with Gasteiger partial charge in [-0.3, -0.25) is 9.58 Å². The number of anilines is 3. The Balaban J connectivity index is 1.10. The lowest BCUT2D eigenvalue weighted by atomic mass is 10.2. The van der Waals surface area contributed by atoms with Crippen molar-refractivity contribution in [2.75, 3.05) is 69.4 Å². The van der Waals surface area contributed by atoms with Crippen LogP contribution in [0.15, 0.2) is 55.1 Å². The smallest absolute Gasteiger partial charge is 0.245 e. The van der Waals surface area contributed by atoms with E-state index in [-0.39, 0.29) is 0 Å². The number of hydrogen-bond donors (Lipinski definition) is 1. The zero-order valence-electron chi connectivity index (χ0n) is 21.0. The highest BCUT2D eigenvalue weighted by molar-refractivity contribution is 5.66. The fourth-order valence-corrected chi connectivity index (χ4v) is 4.53. The molecule has 1 N–H and O–H groups in total. The van der Waals surface area contributed by atoms with E-state index in [2.05, 4.69) is 35.3 Å². The summed E-state index contributed by atoms with van der Waals surface area (Å²) in [5.74, 6) is 0.820. The van der Waals surface area contributed by atoms with Gasteiger partial charge in [-0.25, -0.2) is 14.1 Å². The molecular weight excluding hydrogens is 489 g/mol. The van der Waals surface area contributed by atoms with E-state index in [9.17, 15) is 4.39 Å². The molecule has 0 saturated carbocycles. The summed E-state index contributed by atoms with van der Waals surface area (Å²) in [7, 11) is 0. The molecular formula is C26H30FN9O2. The third kappa shape index (κ3) is 5.67. The van der Waals surface area contributed by atoms with Crippen molar-refractivity contribution in [1.82, 2.24) is 34.4 Å². The van der Waals surface area contributed by atoms with E-state index < -0.39 is 5.82 Å². The summed E-state index contributed by atoms with van der Waals surface area (Å²) in [4.78, 5) is 13.1. The summed E-state index contributed by atoms with van der Waals surface area (Å²) in [5.41, 5.74) is 2.69. The van der Waals surface area contributed by atoms with Gasteiger partial charge in [0.05, 0.1) is 50.6 Å². The molecule has 0 unspecified atom stereocenters. The maximum absolute atomic E-state index is 14.7. The van der Waals surface area contributed by atoms with Crippen LogP contribution < -0.4 is 10.2 Å². The lowest BCUT2D eigenvalue weighted by Gasteiger charge is -2.26. The molecule has 2 aliphatic heterocycles. The Morgan fingerprint density at radius 3 is 2.42 bits per heavy atom. The number of nitrogens with zero attached hydrogens (tertiary/aromatic N) is 8. The summed E-state index contributed by atoms with van der Waals surface area (Å²) >= 11 is 0. The Morgan fingerprint density at radius 1 is 0.868 bits per heavy atom. The summed E-state index contributed by atoms with van der Waals surface area (Å²) < 4.78 is 29.1. The fourth-order valence-electron chi connectivity index (χ4n) is 4.53. The number of hydrogen-bond acceptors (Lipinski definition) is 9. The largest absolute Gasteiger partial charge is 0.379 e. The van der Waals surface area contributed by atoms with Crippen LogP contribution in [0, 0.1) is 5.82 Å². The molecule has 1 aromatic carbocycles. The van der Waals surface area contributed by atoms with Crippen molar-refractivity contribution in [1.29, 1.82) is 0 Å². The number of rotatable bonds is 8. The topological polar surface area (TPSA) is 98.4 Å². The Hall–Kier alpha value is -3.87. The van der Waals surface area contributed by atoms with Crippen LogP contribution in [0.2, 0.25) is 0 Å². The monoisotopic (exact) mass is 519 g/mol. The highest BCUT2D eigenvalue weighted by Crippen LogP contribution is 2.25. The minimum Gasteiger partial charge on any atom is -0.379 e. The van der Waals surface area contributed by atoms with E-state index in [1.54, 1.807) is 17.1 Å². The van der Waals surface area contributed by atoms with Gasteiger partial charge in [-0.2, -0.15) is 10.1 Å². The number of benzene rings is 1. The summed E-state index contributed by atoms with van der Waals surface area (Å²) in [5, 5.41) is 12.4. The molecule has 12 heteroatoms. The molecule has 4 aromatic rings. The van der Waals surface area contributed by atoms with Crippen molar-refractivity contribution in [2.45, 2.75) is 6.54 Å². The van der Waals surface area contributed by atoms with Gasteiger partial charge in [0.25, 0.3) is 0 Å². The number of aromatic nitrogens is 6. The zero-order chi connectivity index (χ0) is 25.7. The lowest BCUT2D eigenvalue weighted by Crippen LogP contribution is -2.38. The van der Waals surface area contributed by atoms with Crippen LogP contribution in [-0.2, 0) is 16.0 Å². The van der Waals surface area contributed by atoms with Crippen LogP contribution >= 0.6 is 0 Å². The Labute approximate surface area is 219 Å². The highest BCUT2D eigenvalue weighted by atomic mass is 19.1. The molecule has 0 spiro atoms. The Morgan fingerprint density at radius 2 is 1.63 bits per heavy atom. The third-order valence-electron chi connectivity index (χ3n) is 6.70. The molecule has 5 heterocycles. The molecule has 0 amide bonds. The van der Waals surface area contributed by atoms with Gasteiger partial charge in [-0.05, 0) is 36.4 Å². The van der Waals surface area contributed by atoms with Gasteiger partial charge in [0.1, 0.15) is 12.1 Å². The molecule has 0 atom stereocenters. The van der Waals surface area contributed by atoms with E-state index in [0.717, 1.165) is 63.9 Å². The van der Waals surface area contributed by atoms with Crippen molar-refractivity contribution in [3.05, 3.63) is 60.9 Å². The first kappa shape index (κ1) is 24.5. The van der Waals surface area contributed by atoms with Crippen LogP contribution in [-0.4, -0.2) is 93.6 Å². The van der Waals surface area contributed by atoms with Gasteiger partial charge < -0.3 is 19.7 Å². The molecule has 6 rings (SSSR count). The standard InChI is InChI=1S/C26H30FN9O2/c27-23-18-28-25(17-22(23)24-5-6-35(31-24)8-7-33-9-13-37-14-10-33)30-20-1-3-21(4-2-20)36-19-29-26(32-36)34-11-15-38-16-12-34/h1-6,17-19H,7-16H2,(H,28,30). The van der Waals surface area contributed by atoms with Gasteiger partial charge >= 0.3 is 0 Å². The van der Waals surface area contributed by atoms with Crippen molar-refractivity contribution in [3.63, 3.8) is 0 Å². The Kier molecular flexibility index (Phi) is 7.25. The molecule has 2 aliphatic rings. The van der Waals surface area contributed by atoms with E-state index in [4.69, 9.17) is 9.47 Å². The quantitative estimate of drug-likeness (QED) is 0.377. The van der Waals surface area contributed by atoms with Crippen LogP contribution in [0.1, 0.15) is 0 Å². The molecule has 0 radical (unpaired) electrons. The van der Waals surface area contributed by atoms with Gasteiger partial charge in [0.15, 0.2) is 5.82 Å². The minimum absolute atomic E-state index is 0.405. The number of halogens is 1. The van der Waals surface area contributed by atoms with E-state index in [1.807, 2.05) is 41.2 Å². The van der Waals surface area contributed by atoms with Gasteiger partial charge in [-0.15, -0.1) is 5.10 Å². The third-order valence-corrected chi connectivity index (χ3v) is 6.70. The molecule has 3 aromatic heterocycles. The number of ether oxygens (including phenoxy) is 2. The predicted molar refractivity (Wildman–Crippen MR) is 140 cm³/mol. The number of pyridine rings is 1. The zero-order valence-corrected chi connectivity index (χ0v) is 21.0. The van der Waals surface area contributed by atoms with E-state index in [1.165, 1.54) is 6.20 Å². The van der Waals surface area contributed by atoms with Crippen LogP contribution in [0.25, 0.3) is 16.9 Å². The fraction of sp³-hybridized carbons (Fsp3) is 0.385. The number of nitrogens with one attached hydrogen (secondary N) is 1. The van der Waals surface area contributed by atoms with Crippen molar-refractivity contribution in [3.8, 4) is 16.9 Å². The second kappa shape index (κ2) is 11.3. The first-order valence-corrected chi connectivity index (χ1v) is 12.8. The molecule has 198 valence electrons. The maximum Gasteiger partial charge on any atom is 0.245 e. The van der Waals surface area contributed by atoms with E-state index >= 15 is 0 Å². The summed E-state index contributed by atoms with van der Waals surface area (Å²) in [6.45, 7) is 7.95. The minimum atomic E-state index is -0.411. The second-order valence-electron chi connectivity index (χ2n) is 9.23. The van der Waals surface area contributed by atoms with Crippen molar-refractivity contribution >= 4 is 17.5 Å². The summed E-state index contributed by atoms with van der Waals surface area (Å²) in [6, 6.07) is 11.3. The van der Waals surface area contributed by atoms with Crippen LogP contribution in [0.3, 0.4) is 0 Å². The molecule has 2 fully saturated rings. The molecule has 11 nitrogen and oxygen atoms in total. The molecule has 0 aliphatic carbocycles. The predicted octanol–water partition coefficient (Wildman–Crippen LogP) is 2.58. The average molecular weight is 520 g/mol. The maximum atomic E-state index is 14.7. The summed E-state index contributed by atoms with van der Waals surface area (Å²) in [6.07, 6.45) is 4.82. The second-order valence-corrected chi connectivity index (χ2v) is 9.23. The first-order chi connectivity index (χ1) is 18.7. The average Bonchev–Trinajstić information content (AvgIpc) is 3.65. The highest BCUT2D eigenvalue weighted by Gasteiger charge is 2.16. The lowest BCUT2D eigenvalue weighted by molar-refractivity contribution is 0.0360. The van der Waals surface area contributed by atoms with E-state index in [0.29, 0.717) is 36.2 Å². The van der Waals surface area contributed by atoms with Crippen LogP contribution in [0.5, 0.6) is 0 Å².